The Morgan fingerprint density at radius 1 is 1.44 bits per heavy atom. The van der Waals surface area contributed by atoms with E-state index in [4.69, 9.17) is 5.11 Å². The van der Waals surface area contributed by atoms with Crippen LogP contribution in [0, 0.1) is 6.92 Å². The number of hydrogen-bond acceptors (Lipinski definition) is 2. The molecule has 0 radical (unpaired) electrons. The number of amides is 1. The number of aliphatic hydroxyl groups excluding tert-OH is 1. The van der Waals surface area contributed by atoms with E-state index in [2.05, 4.69) is 5.32 Å². The second-order valence-electron chi connectivity index (χ2n) is 4.01. The SMILES string of the molecule is Cc1cccc(NC(=O)CC[C@H](O)C(F)(F)F)c1. The molecule has 0 unspecified atom stereocenters. The Hall–Kier alpha value is -1.56. The molecule has 100 valence electrons. The number of nitrogens with one attached hydrogen (secondary N) is 1. The number of aliphatic hydroxyl groups is 1. The van der Waals surface area contributed by atoms with Crippen LogP contribution in [-0.4, -0.2) is 23.3 Å². The molecule has 1 rings (SSSR count). The Bertz CT molecular complexity index is 418. The molecule has 0 spiro atoms. The maximum atomic E-state index is 12.0. The van der Waals surface area contributed by atoms with Gasteiger partial charge in [0.25, 0.3) is 0 Å². The normalized spacial score (nSPS) is 13.2. The molecule has 6 heteroatoms. The lowest BCUT2D eigenvalue weighted by atomic mass is 10.1. The van der Waals surface area contributed by atoms with Crippen LogP contribution in [0.2, 0.25) is 0 Å². The van der Waals surface area contributed by atoms with E-state index >= 15 is 0 Å². The van der Waals surface area contributed by atoms with Crippen molar-refractivity contribution in [1.82, 2.24) is 0 Å². The highest BCUT2D eigenvalue weighted by molar-refractivity contribution is 5.90. The van der Waals surface area contributed by atoms with Crippen molar-refractivity contribution in [3.8, 4) is 0 Å². The molecule has 2 N–H and O–H groups in total. The number of anilines is 1. The Kier molecular flexibility index (Phi) is 4.72. The summed E-state index contributed by atoms with van der Waals surface area (Å²) in [5.74, 6) is -0.552. The van der Waals surface area contributed by atoms with E-state index in [1.165, 1.54) is 0 Å². The summed E-state index contributed by atoms with van der Waals surface area (Å²) >= 11 is 0. The Morgan fingerprint density at radius 2 is 2.11 bits per heavy atom. The molecule has 0 saturated carbocycles. The van der Waals surface area contributed by atoms with E-state index in [-0.39, 0.29) is 6.42 Å². The first-order valence-electron chi connectivity index (χ1n) is 5.40. The molecule has 0 aliphatic heterocycles. The van der Waals surface area contributed by atoms with Crippen LogP contribution in [-0.2, 0) is 4.79 Å². The number of carbonyl (C=O) groups excluding carboxylic acids is 1. The average Bonchev–Trinajstić information content (AvgIpc) is 2.24. The molecule has 1 aromatic rings. The van der Waals surface area contributed by atoms with Gasteiger partial charge in [-0.25, -0.2) is 0 Å². The molecule has 0 saturated heterocycles. The standard InChI is InChI=1S/C12H14F3NO2/c1-8-3-2-4-9(7-8)16-11(18)6-5-10(17)12(13,14)15/h2-4,7,10,17H,5-6H2,1H3,(H,16,18)/t10-/m0/s1. The minimum atomic E-state index is -4.68. The van der Waals surface area contributed by atoms with Crippen molar-refractivity contribution in [1.29, 1.82) is 0 Å². The summed E-state index contributed by atoms with van der Waals surface area (Å²) < 4.78 is 36.0. The van der Waals surface area contributed by atoms with Crippen molar-refractivity contribution < 1.29 is 23.1 Å². The van der Waals surface area contributed by atoms with E-state index in [0.717, 1.165) is 5.56 Å². The summed E-state index contributed by atoms with van der Waals surface area (Å²) in [5, 5.41) is 11.2. The van der Waals surface area contributed by atoms with Crippen molar-refractivity contribution in [2.75, 3.05) is 5.32 Å². The molecule has 0 heterocycles. The van der Waals surface area contributed by atoms with Crippen LogP contribution in [0.15, 0.2) is 24.3 Å². The third kappa shape index (κ3) is 4.75. The van der Waals surface area contributed by atoms with Crippen molar-refractivity contribution in [3.05, 3.63) is 29.8 Å². The van der Waals surface area contributed by atoms with Gasteiger partial charge in [-0.15, -0.1) is 0 Å². The summed E-state index contributed by atoms with van der Waals surface area (Å²) in [6.45, 7) is 1.84. The van der Waals surface area contributed by atoms with Gasteiger partial charge in [-0.05, 0) is 31.0 Å². The van der Waals surface area contributed by atoms with Crippen LogP contribution in [0.5, 0.6) is 0 Å². The molecule has 18 heavy (non-hydrogen) atoms. The molecular formula is C12H14F3NO2. The number of halogens is 3. The molecule has 0 aliphatic rings. The monoisotopic (exact) mass is 261 g/mol. The molecule has 0 bridgehead atoms. The zero-order chi connectivity index (χ0) is 13.8. The fourth-order valence-corrected chi connectivity index (χ4v) is 1.38. The first kappa shape index (κ1) is 14.5. The molecule has 0 fully saturated rings. The predicted molar refractivity (Wildman–Crippen MR) is 61.1 cm³/mol. The third-order valence-electron chi connectivity index (χ3n) is 2.32. The molecule has 1 aromatic carbocycles. The third-order valence-corrected chi connectivity index (χ3v) is 2.32. The van der Waals surface area contributed by atoms with Gasteiger partial charge in [0.2, 0.25) is 5.91 Å². The maximum absolute atomic E-state index is 12.0. The smallest absolute Gasteiger partial charge is 0.384 e. The van der Waals surface area contributed by atoms with Gasteiger partial charge in [0.15, 0.2) is 0 Å². The summed E-state index contributed by atoms with van der Waals surface area (Å²) in [6.07, 6.45) is -8.15. The average molecular weight is 261 g/mol. The number of alkyl halides is 3. The molecule has 0 aliphatic carbocycles. The van der Waals surface area contributed by atoms with Crippen LogP contribution in [0.25, 0.3) is 0 Å². The van der Waals surface area contributed by atoms with Crippen LogP contribution in [0.1, 0.15) is 18.4 Å². The lowest BCUT2D eigenvalue weighted by Gasteiger charge is -2.14. The van der Waals surface area contributed by atoms with Crippen molar-refractivity contribution in [2.24, 2.45) is 0 Å². The number of aryl methyl sites for hydroxylation is 1. The van der Waals surface area contributed by atoms with Gasteiger partial charge in [-0.1, -0.05) is 12.1 Å². The van der Waals surface area contributed by atoms with Crippen LogP contribution < -0.4 is 5.32 Å². The minimum absolute atomic E-state index is 0.380. The van der Waals surface area contributed by atoms with Crippen molar-refractivity contribution >= 4 is 11.6 Å². The highest BCUT2D eigenvalue weighted by Gasteiger charge is 2.37. The van der Waals surface area contributed by atoms with Gasteiger partial charge in [0, 0.05) is 12.1 Å². The number of benzene rings is 1. The van der Waals surface area contributed by atoms with Crippen LogP contribution in [0.3, 0.4) is 0 Å². The summed E-state index contributed by atoms with van der Waals surface area (Å²) in [4.78, 5) is 11.4. The molecule has 1 atom stereocenters. The lowest BCUT2D eigenvalue weighted by molar-refractivity contribution is -0.205. The molecule has 0 aromatic heterocycles. The fourth-order valence-electron chi connectivity index (χ4n) is 1.38. The van der Waals surface area contributed by atoms with Crippen LogP contribution in [0.4, 0.5) is 18.9 Å². The highest BCUT2D eigenvalue weighted by Crippen LogP contribution is 2.23. The van der Waals surface area contributed by atoms with Gasteiger partial charge >= 0.3 is 6.18 Å². The second kappa shape index (κ2) is 5.86. The van der Waals surface area contributed by atoms with Crippen molar-refractivity contribution in [2.45, 2.75) is 32.0 Å². The lowest BCUT2D eigenvalue weighted by Crippen LogP contribution is -2.29. The molecule has 3 nitrogen and oxygen atoms in total. The Balaban J connectivity index is 2.43. The van der Waals surface area contributed by atoms with E-state index in [0.29, 0.717) is 5.69 Å². The zero-order valence-electron chi connectivity index (χ0n) is 9.79. The largest absolute Gasteiger partial charge is 0.414 e. The van der Waals surface area contributed by atoms with Gasteiger partial charge in [0.05, 0.1) is 0 Å². The molecular weight excluding hydrogens is 247 g/mol. The first-order chi connectivity index (χ1) is 8.29. The Morgan fingerprint density at radius 3 is 2.67 bits per heavy atom. The van der Waals surface area contributed by atoms with Gasteiger partial charge < -0.3 is 10.4 Å². The number of hydrogen-bond donors (Lipinski definition) is 2. The Labute approximate surface area is 103 Å². The summed E-state index contributed by atoms with van der Waals surface area (Å²) in [7, 11) is 0. The molecule has 1 amide bonds. The van der Waals surface area contributed by atoms with E-state index in [9.17, 15) is 18.0 Å². The van der Waals surface area contributed by atoms with E-state index in [1.54, 1.807) is 18.2 Å². The maximum Gasteiger partial charge on any atom is 0.414 e. The van der Waals surface area contributed by atoms with Crippen LogP contribution >= 0.6 is 0 Å². The van der Waals surface area contributed by atoms with Crippen molar-refractivity contribution in [3.63, 3.8) is 0 Å². The van der Waals surface area contributed by atoms with Gasteiger partial charge in [-0.2, -0.15) is 13.2 Å². The van der Waals surface area contributed by atoms with E-state index in [1.807, 2.05) is 13.0 Å². The summed E-state index contributed by atoms with van der Waals surface area (Å²) in [5.41, 5.74) is 1.46. The van der Waals surface area contributed by atoms with Gasteiger partial charge in [-0.3, -0.25) is 4.79 Å². The fraction of sp³-hybridized carbons (Fsp3) is 0.417. The highest BCUT2D eigenvalue weighted by atomic mass is 19.4. The second-order valence-corrected chi connectivity index (χ2v) is 4.01. The minimum Gasteiger partial charge on any atom is -0.384 e. The van der Waals surface area contributed by atoms with E-state index < -0.39 is 24.6 Å². The first-order valence-corrected chi connectivity index (χ1v) is 5.40. The van der Waals surface area contributed by atoms with Gasteiger partial charge in [0.1, 0.15) is 6.10 Å². The number of carbonyl (C=O) groups is 1. The predicted octanol–water partition coefficient (Wildman–Crippen LogP) is 2.64. The zero-order valence-corrected chi connectivity index (χ0v) is 9.79. The quantitative estimate of drug-likeness (QED) is 0.875. The topological polar surface area (TPSA) is 49.3 Å². The summed E-state index contributed by atoms with van der Waals surface area (Å²) in [6, 6.07) is 6.92. The number of rotatable bonds is 4.